The van der Waals surface area contributed by atoms with E-state index in [1.165, 1.54) is 16.7 Å². The molecule has 0 aromatic heterocycles. The second-order valence-corrected chi connectivity index (χ2v) is 6.27. The number of benzene rings is 2. The van der Waals surface area contributed by atoms with E-state index in [0.717, 1.165) is 0 Å². The third-order valence-electron chi connectivity index (χ3n) is 4.37. The summed E-state index contributed by atoms with van der Waals surface area (Å²) in [6, 6.07) is 19.4. The topological polar surface area (TPSA) is 21.3 Å². The standard InChI is InChI=1S/C19H23NO/c1-14-9-11-16(12-10-14)18-15(2)20-19(3,13-21-18)17-7-5-4-6-8-17/h4-12,15,18,20H,13H2,1-3H3. The van der Waals surface area contributed by atoms with Gasteiger partial charge in [0.2, 0.25) is 0 Å². The molecule has 1 aliphatic heterocycles. The molecule has 1 heterocycles. The van der Waals surface area contributed by atoms with Gasteiger partial charge in [-0.05, 0) is 31.9 Å². The van der Waals surface area contributed by atoms with Crippen LogP contribution in [0.3, 0.4) is 0 Å². The lowest BCUT2D eigenvalue weighted by Gasteiger charge is -2.43. The summed E-state index contributed by atoms with van der Waals surface area (Å²) >= 11 is 0. The van der Waals surface area contributed by atoms with Crippen molar-refractivity contribution in [1.82, 2.24) is 5.32 Å². The Morgan fingerprint density at radius 2 is 1.71 bits per heavy atom. The number of aryl methyl sites for hydroxylation is 1. The first-order valence-corrected chi connectivity index (χ1v) is 7.60. The SMILES string of the molecule is Cc1ccc(C2OCC(C)(c3ccccc3)NC2C)cc1. The van der Waals surface area contributed by atoms with Crippen LogP contribution in [0.1, 0.15) is 36.6 Å². The zero-order valence-electron chi connectivity index (χ0n) is 13.0. The molecule has 1 fully saturated rings. The van der Waals surface area contributed by atoms with E-state index < -0.39 is 0 Å². The van der Waals surface area contributed by atoms with Crippen molar-refractivity contribution in [3.8, 4) is 0 Å². The van der Waals surface area contributed by atoms with Gasteiger partial charge in [-0.2, -0.15) is 0 Å². The third kappa shape index (κ3) is 2.87. The van der Waals surface area contributed by atoms with Crippen LogP contribution in [-0.4, -0.2) is 12.6 Å². The van der Waals surface area contributed by atoms with Gasteiger partial charge >= 0.3 is 0 Å². The smallest absolute Gasteiger partial charge is 0.0976 e. The molecule has 0 bridgehead atoms. The summed E-state index contributed by atoms with van der Waals surface area (Å²) < 4.78 is 6.22. The molecule has 2 nitrogen and oxygen atoms in total. The maximum atomic E-state index is 6.22. The van der Waals surface area contributed by atoms with E-state index >= 15 is 0 Å². The fraction of sp³-hybridized carbons (Fsp3) is 0.368. The van der Waals surface area contributed by atoms with Crippen molar-refractivity contribution >= 4 is 0 Å². The molecule has 3 rings (SSSR count). The molecule has 1 N–H and O–H groups in total. The first kappa shape index (κ1) is 14.3. The summed E-state index contributed by atoms with van der Waals surface area (Å²) in [7, 11) is 0. The van der Waals surface area contributed by atoms with Crippen molar-refractivity contribution in [2.45, 2.75) is 38.5 Å². The minimum Gasteiger partial charge on any atom is -0.370 e. The molecule has 110 valence electrons. The Hall–Kier alpha value is -1.64. The van der Waals surface area contributed by atoms with Crippen molar-refractivity contribution in [1.29, 1.82) is 0 Å². The number of morpholine rings is 1. The average Bonchev–Trinajstić information content (AvgIpc) is 2.50. The Bertz CT molecular complexity index is 593. The van der Waals surface area contributed by atoms with Crippen LogP contribution in [0.2, 0.25) is 0 Å². The molecule has 2 heteroatoms. The zero-order valence-corrected chi connectivity index (χ0v) is 13.0. The van der Waals surface area contributed by atoms with Crippen molar-refractivity contribution in [2.24, 2.45) is 0 Å². The predicted octanol–water partition coefficient (Wildman–Crippen LogP) is 3.96. The molecule has 0 saturated carbocycles. The summed E-state index contributed by atoms with van der Waals surface area (Å²) in [4.78, 5) is 0. The quantitative estimate of drug-likeness (QED) is 0.899. The van der Waals surface area contributed by atoms with Crippen LogP contribution in [-0.2, 0) is 10.3 Å². The van der Waals surface area contributed by atoms with Gasteiger partial charge in [-0.1, -0.05) is 60.2 Å². The molecule has 2 aromatic carbocycles. The molecule has 0 spiro atoms. The molecule has 0 radical (unpaired) electrons. The predicted molar refractivity (Wildman–Crippen MR) is 86.3 cm³/mol. The fourth-order valence-electron chi connectivity index (χ4n) is 3.13. The summed E-state index contributed by atoms with van der Waals surface area (Å²) in [5.74, 6) is 0. The third-order valence-corrected chi connectivity index (χ3v) is 4.37. The second kappa shape index (κ2) is 5.63. The minimum atomic E-state index is -0.123. The van der Waals surface area contributed by atoms with Crippen LogP contribution in [0.4, 0.5) is 0 Å². The highest BCUT2D eigenvalue weighted by Gasteiger charge is 2.37. The second-order valence-electron chi connectivity index (χ2n) is 6.27. The van der Waals surface area contributed by atoms with E-state index in [-0.39, 0.29) is 17.7 Å². The number of hydrogen-bond donors (Lipinski definition) is 1. The van der Waals surface area contributed by atoms with Gasteiger partial charge in [-0.3, -0.25) is 0 Å². The molecule has 2 aromatic rings. The average molecular weight is 281 g/mol. The number of hydrogen-bond acceptors (Lipinski definition) is 2. The van der Waals surface area contributed by atoms with E-state index in [9.17, 15) is 0 Å². The fourth-order valence-corrected chi connectivity index (χ4v) is 3.13. The Morgan fingerprint density at radius 1 is 1.05 bits per heavy atom. The normalized spacial score (nSPS) is 29.3. The van der Waals surface area contributed by atoms with Gasteiger partial charge in [-0.15, -0.1) is 0 Å². The highest BCUT2D eigenvalue weighted by Crippen LogP contribution is 2.33. The van der Waals surface area contributed by atoms with Crippen LogP contribution >= 0.6 is 0 Å². The maximum Gasteiger partial charge on any atom is 0.0976 e. The molecule has 3 atom stereocenters. The lowest BCUT2D eigenvalue weighted by atomic mass is 9.88. The monoisotopic (exact) mass is 281 g/mol. The van der Waals surface area contributed by atoms with Gasteiger partial charge in [0, 0.05) is 6.04 Å². The number of ether oxygens (including phenoxy) is 1. The molecule has 21 heavy (non-hydrogen) atoms. The Balaban J connectivity index is 1.79. The first-order valence-electron chi connectivity index (χ1n) is 7.60. The van der Waals surface area contributed by atoms with E-state index in [1.807, 2.05) is 0 Å². The van der Waals surface area contributed by atoms with Gasteiger partial charge in [0.25, 0.3) is 0 Å². The van der Waals surface area contributed by atoms with Crippen LogP contribution in [0, 0.1) is 6.92 Å². The Morgan fingerprint density at radius 3 is 2.33 bits per heavy atom. The van der Waals surface area contributed by atoms with Gasteiger partial charge in [0.05, 0.1) is 18.2 Å². The molecule has 1 saturated heterocycles. The van der Waals surface area contributed by atoms with E-state index in [1.54, 1.807) is 0 Å². The lowest BCUT2D eigenvalue weighted by Crippen LogP contribution is -2.55. The highest BCUT2D eigenvalue weighted by molar-refractivity contribution is 5.28. The van der Waals surface area contributed by atoms with Crippen molar-refractivity contribution < 1.29 is 4.74 Å². The summed E-state index contributed by atoms with van der Waals surface area (Å²) in [6.07, 6.45) is 0.113. The maximum absolute atomic E-state index is 6.22. The summed E-state index contributed by atoms with van der Waals surface area (Å²) in [5, 5.41) is 3.75. The molecule has 1 aliphatic rings. The molecular formula is C19H23NO. The van der Waals surface area contributed by atoms with Crippen LogP contribution in [0.15, 0.2) is 54.6 Å². The van der Waals surface area contributed by atoms with E-state index in [2.05, 4.69) is 80.7 Å². The molecule has 3 unspecified atom stereocenters. The van der Waals surface area contributed by atoms with Gasteiger partial charge in [0.1, 0.15) is 0 Å². The van der Waals surface area contributed by atoms with Crippen LogP contribution in [0.5, 0.6) is 0 Å². The van der Waals surface area contributed by atoms with Crippen molar-refractivity contribution in [2.75, 3.05) is 6.61 Å². The van der Waals surface area contributed by atoms with Crippen LogP contribution < -0.4 is 5.32 Å². The van der Waals surface area contributed by atoms with E-state index in [0.29, 0.717) is 6.61 Å². The number of rotatable bonds is 2. The summed E-state index contributed by atoms with van der Waals surface area (Å²) in [6.45, 7) is 7.20. The zero-order chi connectivity index (χ0) is 14.9. The molecular weight excluding hydrogens is 258 g/mol. The van der Waals surface area contributed by atoms with Crippen LogP contribution in [0.25, 0.3) is 0 Å². The summed E-state index contributed by atoms with van der Waals surface area (Å²) in [5.41, 5.74) is 3.68. The lowest BCUT2D eigenvalue weighted by molar-refractivity contribution is -0.0573. The van der Waals surface area contributed by atoms with Crippen molar-refractivity contribution in [3.05, 3.63) is 71.3 Å². The van der Waals surface area contributed by atoms with Gasteiger partial charge < -0.3 is 10.1 Å². The molecule has 0 aliphatic carbocycles. The minimum absolute atomic E-state index is 0.113. The Labute approximate surface area is 127 Å². The largest absolute Gasteiger partial charge is 0.370 e. The van der Waals surface area contributed by atoms with Gasteiger partial charge in [-0.25, -0.2) is 0 Å². The molecule has 0 amide bonds. The first-order chi connectivity index (χ1) is 10.1. The van der Waals surface area contributed by atoms with E-state index in [4.69, 9.17) is 4.74 Å². The Kier molecular flexibility index (Phi) is 3.83. The van der Waals surface area contributed by atoms with Gasteiger partial charge in [0.15, 0.2) is 0 Å². The number of nitrogens with one attached hydrogen (secondary N) is 1. The van der Waals surface area contributed by atoms with Crippen molar-refractivity contribution in [3.63, 3.8) is 0 Å². The highest BCUT2D eigenvalue weighted by atomic mass is 16.5.